The number of hydrogen-bond donors (Lipinski definition) is 0. The van der Waals surface area contributed by atoms with Gasteiger partial charge in [-0.3, -0.25) is 14.4 Å². The average Bonchev–Trinajstić information content (AvgIpc) is 3.61. The molecular weight excluding hydrogens is 486 g/mol. The molecule has 4 aliphatic carbocycles. The van der Waals surface area contributed by atoms with Gasteiger partial charge in [0.25, 0.3) is 0 Å². The summed E-state index contributed by atoms with van der Waals surface area (Å²) in [5.41, 5.74) is 0.762. The maximum atomic E-state index is 13.4. The van der Waals surface area contributed by atoms with Crippen LogP contribution in [-0.4, -0.2) is 30.2 Å². The van der Waals surface area contributed by atoms with Crippen molar-refractivity contribution in [3.8, 4) is 0 Å². The lowest BCUT2D eigenvalue weighted by Gasteiger charge is -2.37. The van der Waals surface area contributed by atoms with Crippen LogP contribution in [0.1, 0.15) is 27.1 Å². The van der Waals surface area contributed by atoms with Gasteiger partial charge in [-0.25, -0.2) is 9.69 Å². The zero-order chi connectivity index (χ0) is 22.9. The SMILES string of the molecule is O=C(COC(=O)c1ccccc1N1C(=O)[C@@H]2[C@H]3C=C[C@@H]([C@@H]4C[C@@H]34)[C@@H]2C1=O)c1ccc(Br)cc1. The largest absolute Gasteiger partial charge is 0.454 e. The van der Waals surface area contributed by atoms with Crippen molar-refractivity contribution < 1.29 is 23.9 Å². The summed E-state index contributed by atoms with van der Waals surface area (Å²) in [6.07, 6.45) is 5.32. The van der Waals surface area contributed by atoms with Gasteiger partial charge in [0.2, 0.25) is 11.8 Å². The van der Waals surface area contributed by atoms with E-state index in [0.717, 1.165) is 10.9 Å². The normalized spacial score (nSPS) is 30.8. The predicted molar refractivity (Wildman–Crippen MR) is 122 cm³/mol. The van der Waals surface area contributed by atoms with Gasteiger partial charge in [0.05, 0.1) is 23.1 Å². The van der Waals surface area contributed by atoms with Crippen LogP contribution in [0.25, 0.3) is 0 Å². The summed E-state index contributed by atoms with van der Waals surface area (Å²) in [7, 11) is 0. The summed E-state index contributed by atoms with van der Waals surface area (Å²) in [5, 5.41) is 0. The number of carbonyl (C=O) groups is 4. The molecule has 1 saturated heterocycles. The molecule has 0 unspecified atom stereocenters. The lowest BCUT2D eigenvalue weighted by molar-refractivity contribution is -0.124. The molecule has 2 saturated carbocycles. The van der Waals surface area contributed by atoms with E-state index in [-0.39, 0.29) is 52.5 Å². The highest BCUT2D eigenvalue weighted by molar-refractivity contribution is 9.10. The molecule has 3 fully saturated rings. The van der Waals surface area contributed by atoms with Crippen molar-refractivity contribution in [1.82, 2.24) is 0 Å². The zero-order valence-corrected chi connectivity index (χ0v) is 19.1. The minimum Gasteiger partial charge on any atom is -0.454 e. The maximum Gasteiger partial charge on any atom is 0.340 e. The number of benzene rings is 2. The van der Waals surface area contributed by atoms with Crippen molar-refractivity contribution in [2.45, 2.75) is 6.42 Å². The summed E-state index contributed by atoms with van der Waals surface area (Å²) >= 11 is 3.32. The van der Waals surface area contributed by atoms with Crippen molar-refractivity contribution in [2.75, 3.05) is 11.5 Å². The first-order chi connectivity index (χ1) is 16.0. The molecule has 2 aromatic carbocycles. The monoisotopic (exact) mass is 505 g/mol. The van der Waals surface area contributed by atoms with Crippen LogP contribution in [0.4, 0.5) is 5.69 Å². The van der Waals surface area contributed by atoms with Gasteiger partial charge >= 0.3 is 5.97 Å². The Morgan fingerprint density at radius 2 is 1.52 bits per heavy atom. The quantitative estimate of drug-likeness (QED) is 0.265. The molecule has 7 heteroatoms. The molecule has 166 valence electrons. The molecule has 6 atom stereocenters. The number of ketones is 1. The van der Waals surface area contributed by atoms with Crippen LogP contribution in [0, 0.1) is 35.5 Å². The first-order valence-electron chi connectivity index (χ1n) is 11.1. The summed E-state index contributed by atoms with van der Waals surface area (Å²) in [4.78, 5) is 53.3. The highest BCUT2D eigenvalue weighted by atomic mass is 79.9. The first-order valence-corrected chi connectivity index (χ1v) is 11.9. The van der Waals surface area contributed by atoms with Crippen LogP contribution in [-0.2, 0) is 14.3 Å². The molecule has 2 aromatic rings. The summed E-state index contributed by atoms with van der Waals surface area (Å²) in [6.45, 7) is -0.431. The van der Waals surface area contributed by atoms with Gasteiger partial charge in [-0.1, -0.05) is 52.3 Å². The standard InChI is InChI=1S/C26H20BrNO5/c27-14-7-5-13(6-8-14)21(29)12-33-26(32)17-3-1-2-4-20(17)28-24(30)22-15-9-10-16(19-11-18(15)19)23(22)25(28)31/h1-10,15-16,18-19,22-23H,11-12H2/t15-,16-,18-,19-,22-,23+/m0/s1. The van der Waals surface area contributed by atoms with E-state index in [1.54, 1.807) is 42.5 Å². The van der Waals surface area contributed by atoms with Gasteiger partial charge in [-0.15, -0.1) is 0 Å². The lowest BCUT2D eigenvalue weighted by atomic mass is 9.63. The van der Waals surface area contributed by atoms with Gasteiger partial charge in [0, 0.05) is 10.0 Å². The second-order valence-electron chi connectivity index (χ2n) is 9.19. The number of amides is 2. The number of rotatable bonds is 5. The Kier molecular flexibility index (Phi) is 4.66. The third kappa shape index (κ3) is 3.13. The highest BCUT2D eigenvalue weighted by Crippen LogP contribution is 2.65. The van der Waals surface area contributed by atoms with Crippen LogP contribution in [0.2, 0.25) is 0 Å². The Balaban J connectivity index is 1.24. The Hall–Kier alpha value is -3.06. The van der Waals surface area contributed by atoms with E-state index < -0.39 is 12.6 Å². The van der Waals surface area contributed by atoms with E-state index in [4.69, 9.17) is 4.74 Å². The number of para-hydroxylation sites is 1. The molecule has 2 amide bonds. The van der Waals surface area contributed by atoms with E-state index >= 15 is 0 Å². The topological polar surface area (TPSA) is 80.8 Å². The number of anilines is 1. The smallest absolute Gasteiger partial charge is 0.340 e. The number of imide groups is 1. The van der Waals surface area contributed by atoms with Gasteiger partial charge in [0.15, 0.2) is 12.4 Å². The van der Waals surface area contributed by atoms with E-state index in [2.05, 4.69) is 28.1 Å². The predicted octanol–water partition coefficient (Wildman–Crippen LogP) is 4.05. The molecule has 0 aromatic heterocycles. The fourth-order valence-electron chi connectivity index (χ4n) is 5.96. The first kappa shape index (κ1) is 20.5. The van der Waals surface area contributed by atoms with Crippen molar-refractivity contribution >= 4 is 45.2 Å². The van der Waals surface area contributed by atoms with Crippen LogP contribution in [0.5, 0.6) is 0 Å². The second-order valence-corrected chi connectivity index (χ2v) is 10.1. The molecule has 0 radical (unpaired) electrons. The van der Waals surface area contributed by atoms with E-state index in [0.29, 0.717) is 17.4 Å². The number of Topliss-reactive ketones (excluding diaryl/α,β-unsaturated/α-hetero) is 1. The minimum absolute atomic E-state index is 0.104. The van der Waals surface area contributed by atoms with E-state index in [1.165, 1.54) is 11.0 Å². The Morgan fingerprint density at radius 3 is 2.15 bits per heavy atom. The molecule has 6 nitrogen and oxygen atoms in total. The fraction of sp³-hybridized carbons (Fsp3) is 0.308. The third-order valence-corrected chi connectivity index (χ3v) is 8.06. The number of nitrogens with zero attached hydrogens (tertiary/aromatic N) is 1. The number of allylic oxidation sites excluding steroid dienone is 2. The molecule has 0 N–H and O–H groups in total. The number of hydrogen-bond acceptors (Lipinski definition) is 5. The number of esters is 1. The van der Waals surface area contributed by atoms with Gasteiger partial charge < -0.3 is 4.74 Å². The van der Waals surface area contributed by atoms with E-state index in [1.807, 2.05) is 0 Å². The van der Waals surface area contributed by atoms with Gasteiger partial charge in [-0.2, -0.15) is 0 Å². The summed E-state index contributed by atoms with van der Waals surface area (Å²) in [6, 6.07) is 13.2. The second kappa shape index (κ2) is 7.48. The highest BCUT2D eigenvalue weighted by Gasteiger charge is 2.67. The van der Waals surface area contributed by atoms with Crippen LogP contribution < -0.4 is 4.90 Å². The lowest BCUT2D eigenvalue weighted by Crippen LogP contribution is -2.40. The minimum atomic E-state index is -0.740. The van der Waals surface area contributed by atoms with Crippen molar-refractivity contribution in [1.29, 1.82) is 0 Å². The molecule has 2 bridgehead atoms. The third-order valence-electron chi connectivity index (χ3n) is 7.53. The molecular formula is C26H20BrNO5. The maximum absolute atomic E-state index is 13.4. The van der Waals surface area contributed by atoms with Crippen molar-refractivity contribution in [2.24, 2.45) is 35.5 Å². The van der Waals surface area contributed by atoms with Gasteiger partial charge in [-0.05, 0) is 54.4 Å². The van der Waals surface area contributed by atoms with Crippen LogP contribution in [0.3, 0.4) is 0 Å². The number of carbonyl (C=O) groups excluding carboxylic acids is 4. The average molecular weight is 506 g/mol. The van der Waals surface area contributed by atoms with E-state index in [9.17, 15) is 19.2 Å². The van der Waals surface area contributed by atoms with Crippen molar-refractivity contribution in [3.63, 3.8) is 0 Å². The Labute approximate surface area is 198 Å². The van der Waals surface area contributed by atoms with Gasteiger partial charge in [0.1, 0.15) is 0 Å². The molecule has 5 aliphatic rings. The van der Waals surface area contributed by atoms with Crippen LogP contribution >= 0.6 is 15.9 Å². The molecule has 1 aliphatic heterocycles. The fourth-order valence-corrected chi connectivity index (χ4v) is 6.23. The molecule has 7 rings (SSSR count). The molecule has 0 spiro atoms. The summed E-state index contributed by atoms with van der Waals surface area (Å²) in [5.74, 6) is -1.03. The molecule has 33 heavy (non-hydrogen) atoms. The number of ether oxygens (including phenoxy) is 1. The van der Waals surface area contributed by atoms with Crippen LogP contribution in [0.15, 0.2) is 65.2 Å². The summed E-state index contributed by atoms with van der Waals surface area (Å²) < 4.78 is 6.12. The molecule has 1 heterocycles. The zero-order valence-electron chi connectivity index (χ0n) is 17.5. The Bertz CT molecular complexity index is 1200. The Morgan fingerprint density at radius 1 is 0.909 bits per heavy atom. The number of halogens is 1. The van der Waals surface area contributed by atoms with Crippen molar-refractivity contribution in [3.05, 3.63) is 76.3 Å².